The van der Waals surface area contributed by atoms with Crippen LogP contribution < -0.4 is 25.4 Å². The number of hydrogen-bond acceptors (Lipinski definition) is 5. The zero-order valence-electron chi connectivity index (χ0n) is 16.1. The number of nitrogens with zero attached hydrogens (tertiary/aromatic N) is 1. The van der Waals surface area contributed by atoms with E-state index in [0.717, 1.165) is 5.56 Å². The predicted octanol–water partition coefficient (Wildman–Crippen LogP) is 2.33. The van der Waals surface area contributed by atoms with Crippen LogP contribution in [0.1, 0.15) is 12.0 Å². The lowest BCUT2D eigenvalue weighted by atomic mass is 10.1. The zero-order valence-corrected chi connectivity index (χ0v) is 16.1. The Morgan fingerprint density at radius 2 is 2.00 bits per heavy atom. The lowest BCUT2D eigenvalue weighted by Gasteiger charge is -2.20. The smallest absolute Gasteiger partial charge is 0.229 e. The SMILES string of the molecule is COc1ccc(C)cc1N1CC(C(=O)Nc2ccc(OCCN)cc2)CC1=O. The molecule has 1 atom stereocenters. The van der Waals surface area contributed by atoms with Crippen LogP contribution in [0.25, 0.3) is 0 Å². The summed E-state index contributed by atoms with van der Waals surface area (Å²) in [5.74, 6) is 0.615. The zero-order chi connectivity index (χ0) is 20.1. The second-order valence-electron chi connectivity index (χ2n) is 6.73. The first-order chi connectivity index (χ1) is 13.5. The molecule has 0 radical (unpaired) electrons. The molecular weight excluding hydrogens is 358 g/mol. The van der Waals surface area contributed by atoms with E-state index in [9.17, 15) is 9.59 Å². The third-order valence-electron chi connectivity index (χ3n) is 4.63. The number of benzene rings is 2. The topological polar surface area (TPSA) is 93.9 Å². The molecule has 0 bridgehead atoms. The molecule has 3 rings (SSSR count). The molecule has 7 heteroatoms. The van der Waals surface area contributed by atoms with Gasteiger partial charge in [-0.1, -0.05) is 6.07 Å². The Balaban J connectivity index is 1.66. The third kappa shape index (κ3) is 4.43. The van der Waals surface area contributed by atoms with Gasteiger partial charge in [-0.3, -0.25) is 9.59 Å². The van der Waals surface area contributed by atoms with Gasteiger partial charge in [0.05, 0.1) is 18.7 Å². The van der Waals surface area contributed by atoms with Gasteiger partial charge in [-0.25, -0.2) is 0 Å². The molecule has 1 aliphatic rings. The largest absolute Gasteiger partial charge is 0.495 e. The first-order valence-corrected chi connectivity index (χ1v) is 9.20. The molecule has 2 aromatic carbocycles. The summed E-state index contributed by atoms with van der Waals surface area (Å²) in [4.78, 5) is 26.8. The number of nitrogens with two attached hydrogens (primary N) is 1. The van der Waals surface area contributed by atoms with Crippen LogP contribution in [-0.2, 0) is 9.59 Å². The minimum absolute atomic E-state index is 0.0883. The number of aryl methyl sites for hydroxylation is 1. The Kier molecular flexibility index (Phi) is 6.16. The summed E-state index contributed by atoms with van der Waals surface area (Å²) < 4.78 is 10.8. The second-order valence-corrected chi connectivity index (χ2v) is 6.73. The second kappa shape index (κ2) is 8.75. The van der Waals surface area contributed by atoms with E-state index in [2.05, 4.69) is 5.32 Å². The molecule has 28 heavy (non-hydrogen) atoms. The van der Waals surface area contributed by atoms with Crippen molar-refractivity contribution < 1.29 is 19.1 Å². The minimum atomic E-state index is -0.425. The van der Waals surface area contributed by atoms with Crippen LogP contribution in [0.3, 0.4) is 0 Å². The van der Waals surface area contributed by atoms with Crippen LogP contribution in [-0.4, -0.2) is 38.6 Å². The molecule has 1 saturated heterocycles. The maximum Gasteiger partial charge on any atom is 0.229 e. The predicted molar refractivity (Wildman–Crippen MR) is 108 cm³/mol. The molecule has 148 valence electrons. The van der Waals surface area contributed by atoms with Crippen LogP contribution in [0, 0.1) is 12.8 Å². The van der Waals surface area contributed by atoms with Gasteiger partial charge >= 0.3 is 0 Å². The summed E-state index contributed by atoms with van der Waals surface area (Å²) in [7, 11) is 1.57. The van der Waals surface area contributed by atoms with Crippen LogP contribution >= 0.6 is 0 Å². The number of hydrogen-bond donors (Lipinski definition) is 2. The molecule has 7 nitrogen and oxygen atoms in total. The van der Waals surface area contributed by atoms with Crippen molar-refractivity contribution in [3.63, 3.8) is 0 Å². The van der Waals surface area contributed by atoms with Crippen molar-refractivity contribution in [3.05, 3.63) is 48.0 Å². The average molecular weight is 383 g/mol. The highest BCUT2D eigenvalue weighted by Crippen LogP contribution is 2.34. The number of carbonyl (C=O) groups excluding carboxylic acids is 2. The summed E-state index contributed by atoms with van der Waals surface area (Å²) in [6, 6.07) is 12.7. The number of rotatable bonds is 7. The normalized spacial score (nSPS) is 16.2. The number of ether oxygens (including phenoxy) is 2. The van der Waals surface area contributed by atoms with E-state index in [0.29, 0.717) is 42.6 Å². The lowest BCUT2D eigenvalue weighted by Crippen LogP contribution is -2.28. The molecule has 3 N–H and O–H groups in total. The number of nitrogens with one attached hydrogen (secondary N) is 1. The van der Waals surface area contributed by atoms with E-state index < -0.39 is 5.92 Å². The molecule has 1 fully saturated rings. The fourth-order valence-corrected chi connectivity index (χ4v) is 3.18. The van der Waals surface area contributed by atoms with Gasteiger partial charge < -0.3 is 25.4 Å². The van der Waals surface area contributed by atoms with E-state index in [-0.39, 0.29) is 18.2 Å². The monoisotopic (exact) mass is 383 g/mol. The average Bonchev–Trinajstić information content (AvgIpc) is 3.09. The summed E-state index contributed by atoms with van der Waals surface area (Å²) in [5, 5.41) is 2.87. The first-order valence-electron chi connectivity index (χ1n) is 9.20. The molecule has 1 heterocycles. The summed E-state index contributed by atoms with van der Waals surface area (Å²) in [5.41, 5.74) is 7.79. The van der Waals surface area contributed by atoms with Crippen LogP contribution in [0.4, 0.5) is 11.4 Å². The van der Waals surface area contributed by atoms with Crippen LogP contribution in [0.2, 0.25) is 0 Å². The van der Waals surface area contributed by atoms with Crippen LogP contribution in [0.5, 0.6) is 11.5 Å². The highest BCUT2D eigenvalue weighted by molar-refractivity contribution is 6.04. The van der Waals surface area contributed by atoms with Crippen molar-refractivity contribution in [1.82, 2.24) is 0 Å². The fraction of sp³-hybridized carbons (Fsp3) is 0.333. The van der Waals surface area contributed by atoms with Gasteiger partial charge in [0.25, 0.3) is 0 Å². The summed E-state index contributed by atoms with van der Waals surface area (Å²) in [6.07, 6.45) is 0.167. The van der Waals surface area contributed by atoms with E-state index in [1.54, 1.807) is 36.3 Å². The Morgan fingerprint density at radius 1 is 1.25 bits per heavy atom. The Labute approximate surface area is 164 Å². The van der Waals surface area contributed by atoms with E-state index in [1.807, 2.05) is 25.1 Å². The van der Waals surface area contributed by atoms with Crippen molar-refractivity contribution in [2.75, 3.05) is 37.0 Å². The minimum Gasteiger partial charge on any atom is -0.495 e. The van der Waals surface area contributed by atoms with Gasteiger partial charge in [-0.2, -0.15) is 0 Å². The number of carbonyl (C=O) groups is 2. The van der Waals surface area contributed by atoms with Gasteiger partial charge in [0.1, 0.15) is 18.1 Å². The number of anilines is 2. The molecule has 0 spiro atoms. The third-order valence-corrected chi connectivity index (χ3v) is 4.63. The van der Waals surface area contributed by atoms with Gasteiger partial charge in [0, 0.05) is 25.2 Å². The van der Waals surface area contributed by atoms with E-state index >= 15 is 0 Å². The molecular formula is C21H25N3O4. The Bertz CT molecular complexity index is 851. The van der Waals surface area contributed by atoms with Gasteiger partial charge in [-0.15, -0.1) is 0 Å². The summed E-state index contributed by atoms with van der Waals surface area (Å²) in [6.45, 7) is 3.15. The van der Waals surface area contributed by atoms with Crippen molar-refractivity contribution in [2.24, 2.45) is 11.7 Å². The lowest BCUT2D eigenvalue weighted by molar-refractivity contribution is -0.122. The van der Waals surface area contributed by atoms with Crippen molar-refractivity contribution in [3.8, 4) is 11.5 Å². The van der Waals surface area contributed by atoms with Crippen molar-refractivity contribution >= 4 is 23.2 Å². The standard InChI is InChI=1S/C21H25N3O4/c1-14-3-8-19(27-2)18(11-14)24-13-15(12-20(24)25)21(26)23-16-4-6-17(7-5-16)28-10-9-22/h3-8,11,15H,9-10,12-13,22H2,1-2H3,(H,23,26). The van der Waals surface area contributed by atoms with E-state index in [1.165, 1.54) is 0 Å². The fourth-order valence-electron chi connectivity index (χ4n) is 3.18. The summed E-state index contributed by atoms with van der Waals surface area (Å²) >= 11 is 0. The number of methoxy groups -OCH3 is 1. The maximum absolute atomic E-state index is 12.6. The van der Waals surface area contributed by atoms with Gasteiger partial charge in [-0.05, 0) is 48.9 Å². The molecule has 1 unspecified atom stereocenters. The molecule has 0 aliphatic carbocycles. The molecule has 0 saturated carbocycles. The van der Waals surface area contributed by atoms with Crippen LogP contribution in [0.15, 0.2) is 42.5 Å². The van der Waals surface area contributed by atoms with E-state index in [4.69, 9.17) is 15.2 Å². The molecule has 0 aromatic heterocycles. The molecule has 2 aromatic rings. The van der Waals surface area contributed by atoms with Crippen molar-refractivity contribution in [1.29, 1.82) is 0 Å². The first kappa shape index (κ1) is 19.7. The quantitative estimate of drug-likeness (QED) is 0.765. The van der Waals surface area contributed by atoms with Gasteiger partial charge in [0.15, 0.2) is 0 Å². The Morgan fingerprint density at radius 3 is 2.68 bits per heavy atom. The highest BCUT2D eigenvalue weighted by atomic mass is 16.5. The molecule has 2 amide bonds. The van der Waals surface area contributed by atoms with Gasteiger partial charge in [0.2, 0.25) is 11.8 Å². The molecule has 1 aliphatic heterocycles. The number of amides is 2. The Hall–Kier alpha value is -3.06. The maximum atomic E-state index is 12.6. The van der Waals surface area contributed by atoms with Crippen molar-refractivity contribution in [2.45, 2.75) is 13.3 Å². The highest BCUT2D eigenvalue weighted by Gasteiger charge is 2.36.